The molecule has 0 aromatic heterocycles. The Bertz CT molecular complexity index is 209. The average Bonchev–Trinajstić information content (AvgIpc) is 2.95. The second kappa shape index (κ2) is 4.40. The van der Waals surface area contributed by atoms with Crippen molar-refractivity contribution in [2.75, 3.05) is 33.2 Å². The number of rotatable bonds is 4. The molecule has 0 amide bonds. The first-order chi connectivity index (χ1) is 7.15. The number of nitrogens with zero attached hydrogens (tertiary/aromatic N) is 1. The molecular formula is C12H25N3. The first-order valence-corrected chi connectivity index (χ1v) is 6.29. The molecule has 88 valence electrons. The summed E-state index contributed by atoms with van der Waals surface area (Å²) in [5, 5.41) is 3.75. The van der Waals surface area contributed by atoms with Crippen molar-refractivity contribution < 1.29 is 0 Å². The highest BCUT2D eigenvalue weighted by Crippen LogP contribution is 2.37. The van der Waals surface area contributed by atoms with Crippen LogP contribution in [0.15, 0.2) is 0 Å². The SMILES string of the molecule is CC1CC1CNC1(CN)CCN(C)CC1. The van der Waals surface area contributed by atoms with Gasteiger partial charge in [0.15, 0.2) is 0 Å². The maximum atomic E-state index is 5.94. The van der Waals surface area contributed by atoms with Gasteiger partial charge in [0.25, 0.3) is 0 Å². The molecule has 2 atom stereocenters. The van der Waals surface area contributed by atoms with Gasteiger partial charge >= 0.3 is 0 Å². The maximum absolute atomic E-state index is 5.94. The molecule has 1 saturated carbocycles. The zero-order valence-corrected chi connectivity index (χ0v) is 10.1. The Morgan fingerprint density at radius 2 is 2.00 bits per heavy atom. The van der Waals surface area contributed by atoms with E-state index < -0.39 is 0 Å². The standard InChI is InChI=1S/C12H25N3/c1-10-7-11(10)8-14-12(9-13)3-5-15(2)6-4-12/h10-11,14H,3-9,13H2,1-2H3. The van der Waals surface area contributed by atoms with Crippen molar-refractivity contribution in [3.05, 3.63) is 0 Å². The summed E-state index contributed by atoms with van der Waals surface area (Å²) in [6.45, 7) is 6.69. The minimum absolute atomic E-state index is 0.245. The fraction of sp³-hybridized carbons (Fsp3) is 1.00. The van der Waals surface area contributed by atoms with E-state index >= 15 is 0 Å². The number of likely N-dealkylation sites (tertiary alicyclic amines) is 1. The molecule has 0 spiro atoms. The minimum Gasteiger partial charge on any atom is -0.329 e. The fourth-order valence-corrected chi connectivity index (χ4v) is 2.53. The van der Waals surface area contributed by atoms with Gasteiger partial charge in [-0.25, -0.2) is 0 Å². The molecule has 1 aliphatic carbocycles. The van der Waals surface area contributed by atoms with Crippen LogP contribution in [0.4, 0.5) is 0 Å². The number of nitrogens with one attached hydrogen (secondary N) is 1. The number of hydrogen-bond donors (Lipinski definition) is 2. The Morgan fingerprint density at radius 1 is 1.40 bits per heavy atom. The summed E-state index contributed by atoms with van der Waals surface area (Å²) in [5.41, 5.74) is 6.19. The molecular weight excluding hydrogens is 186 g/mol. The van der Waals surface area contributed by atoms with Gasteiger partial charge < -0.3 is 16.0 Å². The highest BCUT2D eigenvalue weighted by atomic mass is 15.1. The highest BCUT2D eigenvalue weighted by molar-refractivity contribution is 4.96. The van der Waals surface area contributed by atoms with Crippen LogP contribution in [0.5, 0.6) is 0 Å². The van der Waals surface area contributed by atoms with Crippen LogP contribution in [0.2, 0.25) is 0 Å². The molecule has 3 nitrogen and oxygen atoms in total. The molecule has 0 bridgehead atoms. The Kier molecular flexibility index (Phi) is 3.33. The van der Waals surface area contributed by atoms with Crippen molar-refractivity contribution in [1.29, 1.82) is 0 Å². The van der Waals surface area contributed by atoms with E-state index in [1.54, 1.807) is 0 Å². The summed E-state index contributed by atoms with van der Waals surface area (Å²) >= 11 is 0. The van der Waals surface area contributed by atoms with Crippen LogP contribution in [0.25, 0.3) is 0 Å². The average molecular weight is 211 g/mol. The molecule has 1 saturated heterocycles. The predicted octanol–water partition coefficient (Wildman–Crippen LogP) is 0.655. The molecule has 2 rings (SSSR count). The van der Waals surface area contributed by atoms with Crippen LogP contribution >= 0.6 is 0 Å². The molecule has 15 heavy (non-hydrogen) atoms. The molecule has 0 aromatic rings. The lowest BCUT2D eigenvalue weighted by Crippen LogP contribution is -2.57. The fourth-order valence-electron chi connectivity index (χ4n) is 2.53. The lowest BCUT2D eigenvalue weighted by Gasteiger charge is -2.41. The Balaban J connectivity index is 1.79. The second-order valence-electron chi connectivity index (χ2n) is 5.64. The van der Waals surface area contributed by atoms with E-state index in [9.17, 15) is 0 Å². The Morgan fingerprint density at radius 3 is 2.47 bits per heavy atom. The van der Waals surface area contributed by atoms with Crippen LogP contribution in [0, 0.1) is 11.8 Å². The lowest BCUT2D eigenvalue weighted by atomic mass is 9.87. The molecule has 2 aliphatic rings. The van der Waals surface area contributed by atoms with E-state index in [2.05, 4.69) is 24.2 Å². The molecule has 1 heterocycles. The molecule has 0 radical (unpaired) electrons. The smallest absolute Gasteiger partial charge is 0.0328 e. The zero-order valence-electron chi connectivity index (χ0n) is 10.1. The molecule has 3 heteroatoms. The number of piperidine rings is 1. The van der Waals surface area contributed by atoms with E-state index in [0.29, 0.717) is 0 Å². The molecule has 0 aromatic carbocycles. The largest absolute Gasteiger partial charge is 0.329 e. The van der Waals surface area contributed by atoms with Gasteiger partial charge in [-0.2, -0.15) is 0 Å². The summed E-state index contributed by atoms with van der Waals surface area (Å²) in [5.74, 6) is 1.87. The van der Waals surface area contributed by atoms with Gasteiger partial charge in [-0.1, -0.05) is 6.92 Å². The van der Waals surface area contributed by atoms with Crippen molar-refractivity contribution in [1.82, 2.24) is 10.2 Å². The van der Waals surface area contributed by atoms with Crippen LogP contribution in [-0.4, -0.2) is 43.7 Å². The summed E-state index contributed by atoms with van der Waals surface area (Å²) in [6, 6.07) is 0. The maximum Gasteiger partial charge on any atom is 0.0328 e. The predicted molar refractivity (Wildman–Crippen MR) is 63.8 cm³/mol. The summed E-state index contributed by atoms with van der Waals surface area (Å²) in [7, 11) is 2.20. The first-order valence-electron chi connectivity index (χ1n) is 6.29. The van der Waals surface area contributed by atoms with Crippen molar-refractivity contribution in [2.45, 2.75) is 31.7 Å². The second-order valence-corrected chi connectivity index (χ2v) is 5.64. The summed E-state index contributed by atoms with van der Waals surface area (Å²) in [6.07, 6.45) is 3.83. The number of hydrogen-bond acceptors (Lipinski definition) is 3. The van der Waals surface area contributed by atoms with E-state index in [0.717, 1.165) is 18.4 Å². The minimum atomic E-state index is 0.245. The van der Waals surface area contributed by atoms with E-state index in [-0.39, 0.29) is 5.54 Å². The van der Waals surface area contributed by atoms with E-state index in [1.165, 1.54) is 38.9 Å². The van der Waals surface area contributed by atoms with E-state index in [4.69, 9.17) is 5.73 Å². The van der Waals surface area contributed by atoms with E-state index in [1.807, 2.05) is 0 Å². The molecule has 2 unspecified atom stereocenters. The third kappa shape index (κ3) is 2.71. The van der Waals surface area contributed by atoms with Crippen molar-refractivity contribution >= 4 is 0 Å². The topological polar surface area (TPSA) is 41.3 Å². The highest BCUT2D eigenvalue weighted by Gasteiger charge is 2.37. The number of nitrogens with two attached hydrogens (primary N) is 1. The van der Waals surface area contributed by atoms with Crippen LogP contribution < -0.4 is 11.1 Å². The Labute approximate surface area is 93.4 Å². The summed E-state index contributed by atoms with van der Waals surface area (Å²) < 4.78 is 0. The van der Waals surface area contributed by atoms with Crippen molar-refractivity contribution in [2.24, 2.45) is 17.6 Å². The quantitative estimate of drug-likeness (QED) is 0.717. The van der Waals surface area contributed by atoms with Gasteiger partial charge in [0.05, 0.1) is 0 Å². The van der Waals surface area contributed by atoms with Gasteiger partial charge in [0.2, 0.25) is 0 Å². The lowest BCUT2D eigenvalue weighted by molar-refractivity contribution is 0.160. The zero-order chi connectivity index (χ0) is 10.9. The van der Waals surface area contributed by atoms with Gasteiger partial charge in [0, 0.05) is 12.1 Å². The third-order valence-electron chi connectivity index (χ3n) is 4.35. The monoisotopic (exact) mass is 211 g/mol. The van der Waals surface area contributed by atoms with Crippen LogP contribution in [-0.2, 0) is 0 Å². The van der Waals surface area contributed by atoms with Crippen LogP contribution in [0.3, 0.4) is 0 Å². The molecule has 3 N–H and O–H groups in total. The van der Waals surface area contributed by atoms with Crippen LogP contribution in [0.1, 0.15) is 26.2 Å². The van der Waals surface area contributed by atoms with Gasteiger partial charge in [-0.3, -0.25) is 0 Å². The molecule has 2 fully saturated rings. The van der Waals surface area contributed by atoms with Gasteiger partial charge in [0.1, 0.15) is 0 Å². The molecule has 1 aliphatic heterocycles. The summed E-state index contributed by atoms with van der Waals surface area (Å²) in [4.78, 5) is 2.40. The van der Waals surface area contributed by atoms with Gasteiger partial charge in [-0.15, -0.1) is 0 Å². The van der Waals surface area contributed by atoms with Gasteiger partial charge in [-0.05, 0) is 57.8 Å². The third-order valence-corrected chi connectivity index (χ3v) is 4.35. The first kappa shape index (κ1) is 11.4. The normalized spacial score (nSPS) is 35.4. The van der Waals surface area contributed by atoms with Crippen molar-refractivity contribution in [3.8, 4) is 0 Å². The Hall–Kier alpha value is -0.120. The van der Waals surface area contributed by atoms with Crippen molar-refractivity contribution in [3.63, 3.8) is 0 Å².